The molecule has 0 aliphatic rings. The van der Waals surface area contributed by atoms with E-state index in [1.165, 1.54) is 37.3 Å². The maximum Gasteiger partial charge on any atom is 0.264 e. The molecule has 0 saturated heterocycles. The Morgan fingerprint density at radius 3 is 2.19 bits per heavy atom. The number of carbonyl (C=O) groups excluding carboxylic acids is 2. The molecule has 3 aromatic carbocycles. The van der Waals surface area contributed by atoms with E-state index in [1.807, 2.05) is 58.0 Å². The molecule has 43 heavy (non-hydrogen) atoms. The van der Waals surface area contributed by atoms with Gasteiger partial charge in [-0.3, -0.25) is 13.9 Å². The summed E-state index contributed by atoms with van der Waals surface area (Å²) in [6.45, 7) is 7.83. The predicted octanol–water partition coefficient (Wildman–Crippen LogP) is 4.83. The first-order chi connectivity index (χ1) is 20.5. The number of carbonyl (C=O) groups is 2. The minimum Gasteiger partial charge on any atom is -0.497 e. The third kappa shape index (κ3) is 8.73. The van der Waals surface area contributed by atoms with E-state index in [0.717, 1.165) is 15.4 Å². The molecule has 0 spiro atoms. The van der Waals surface area contributed by atoms with Crippen LogP contribution in [0.2, 0.25) is 0 Å². The van der Waals surface area contributed by atoms with Crippen molar-refractivity contribution in [3.05, 3.63) is 83.9 Å². The Hall–Kier alpha value is -4.05. The van der Waals surface area contributed by atoms with Gasteiger partial charge in [-0.15, -0.1) is 0 Å². The molecule has 0 fully saturated rings. The molecule has 1 N–H and O–H groups in total. The van der Waals surface area contributed by atoms with Crippen LogP contribution in [0, 0.1) is 12.8 Å². The first-order valence-corrected chi connectivity index (χ1v) is 15.9. The van der Waals surface area contributed by atoms with Gasteiger partial charge in [0, 0.05) is 19.2 Å². The van der Waals surface area contributed by atoms with Gasteiger partial charge in [0.25, 0.3) is 10.0 Å². The number of nitrogens with one attached hydrogen (secondary N) is 1. The third-order valence-electron chi connectivity index (χ3n) is 7.10. The molecule has 1 atom stereocenters. The fourth-order valence-electron chi connectivity index (χ4n) is 4.66. The van der Waals surface area contributed by atoms with Gasteiger partial charge in [0.05, 0.1) is 24.8 Å². The summed E-state index contributed by atoms with van der Waals surface area (Å²) in [6.07, 6.45) is 0.853. The van der Waals surface area contributed by atoms with Crippen LogP contribution in [-0.2, 0) is 26.0 Å². The Labute approximate surface area is 255 Å². The zero-order valence-corrected chi connectivity index (χ0v) is 26.7. The Kier molecular flexibility index (Phi) is 12.0. The molecule has 3 aromatic rings. The molecule has 10 heteroatoms. The molecule has 0 bridgehead atoms. The average molecular weight is 610 g/mol. The summed E-state index contributed by atoms with van der Waals surface area (Å²) in [4.78, 5) is 29.1. The van der Waals surface area contributed by atoms with E-state index in [2.05, 4.69) is 5.32 Å². The standard InChI is InChI=1S/C33H43N3O6S/c1-7-29(33(38)34-22-24(2)3)35(20-19-26-11-9-8-10-12-26)32(37)23-36(30-21-27(41-5)15-18-31(30)42-6)43(39,40)28-16-13-25(4)14-17-28/h8-18,21,24,29H,7,19-20,22-23H2,1-6H3,(H,34,38)/t29-/m1/s1. The van der Waals surface area contributed by atoms with E-state index in [9.17, 15) is 18.0 Å². The van der Waals surface area contributed by atoms with Crippen molar-refractivity contribution in [2.75, 3.05) is 38.2 Å². The van der Waals surface area contributed by atoms with Crippen LogP contribution in [0.25, 0.3) is 0 Å². The van der Waals surface area contributed by atoms with Gasteiger partial charge in [-0.25, -0.2) is 8.42 Å². The number of nitrogens with zero attached hydrogens (tertiary/aromatic N) is 2. The largest absolute Gasteiger partial charge is 0.497 e. The van der Waals surface area contributed by atoms with Crippen LogP contribution in [0.1, 0.15) is 38.3 Å². The SMILES string of the molecule is CC[C@H](C(=O)NCC(C)C)N(CCc1ccccc1)C(=O)CN(c1cc(OC)ccc1OC)S(=O)(=O)c1ccc(C)cc1. The minimum atomic E-state index is -4.25. The zero-order valence-electron chi connectivity index (χ0n) is 25.9. The van der Waals surface area contributed by atoms with Crippen molar-refractivity contribution in [2.45, 2.75) is 51.5 Å². The van der Waals surface area contributed by atoms with Gasteiger partial charge in [0.2, 0.25) is 11.8 Å². The number of hydrogen-bond donors (Lipinski definition) is 1. The van der Waals surface area contributed by atoms with Crippen molar-refractivity contribution in [3.63, 3.8) is 0 Å². The van der Waals surface area contributed by atoms with E-state index in [4.69, 9.17) is 9.47 Å². The normalized spacial score (nSPS) is 12.0. The lowest BCUT2D eigenvalue weighted by atomic mass is 10.1. The number of rotatable bonds is 15. The van der Waals surface area contributed by atoms with Crippen LogP contribution in [0.15, 0.2) is 77.7 Å². The van der Waals surface area contributed by atoms with Crippen molar-refractivity contribution in [3.8, 4) is 11.5 Å². The highest BCUT2D eigenvalue weighted by Crippen LogP contribution is 2.36. The van der Waals surface area contributed by atoms with E-state index in [0.29, 0.717) is 25.1 Å². The Balaban J connectivity index is 2.09. The summed E-state index contributed by atoms with van der Waals surface area (Å²) >= 11 is 0. The maximum atomic E-state index is 14.2. The third-order valence-corrected chi connectivity index (χ3v) is 8.87. The average Bonchev–Trinajstić information content (AvgIpc) is 3.00. The maximum absolute atomic E-state index is 14.2. The van der Waals surface area contributed by atoms with E-state index in [1.54, 1.807) is 24.3 Å². The van der Waals surface area contributed by atoms with E-state index < -0.39 is 28.5 Å². The number of anilines is 1. The van der Waals surface area contributed by atoms with Crippen LogP contribution in [0.5, 0.6) is 11.5 Å². The molecular weight excluding hydrogens is 566 g/mol. The van der Waals surface area contributed by atoms with Crippen molar-refractivity contribution in [1.82, 2.24) is 10.2 Å². The molecule has 0 heterocycles. The van der Waals surface area contributed by atoms with Crippen molar-refractivity contribution in [1.29, 1.82) is 0 Å². The highest BCUT2D eigenvalue weighted by Gasteiger charge is 2.34. The predicted molar refractivity (Wildman–Crippen MR) is 169 cm³/mol. The van der Waals surface area contributed by atoms with Crippen molar-refractivity contribution >= 4 is 27.5 Å². The van der Waals surface area contributed by atoms with Crippen LogP contribution in [0.4, 0.5) is 5.69 Å². The van der Waals surface area contributed by atoms with Gasteiger partial charge < -0.3 is 19.7 Å². The van der Waals surface area contributed by atoms with Crippen molar-refractivity contribution < 1.29 is 27.5 Å². The monoisotopic (exact) mass is 609 g/mol. The molecule has 2 amide bonds. The van der Waals surface area contributed by atoms with Crippen LogP contribution < -0.4 is 19.1 Å². The van der Waals surface area contributed by atoms with Gasteiger partial charge in [0.1, 0.15) is 24.1 Å². The second kappa shape index (κ2) is 15.4. The Morgan fingerprint density at radius 2 is 1.60 bits per heavy atom. The molecule has 0 unspecified atom stereocenters. The summed E-state index contributed by atoms with van der Waals surface area (Å²) in [5.41, 5.74) is 2.04. The van der Waals surface area contributed by atoms with Gasteiger partial charge in [-0.05, 0) is 55.5 Å². The molecule has 232 valence electrons. The number of hydrogen-bond acceptors (Lipinski definition) is 6. The molecule has 9 nitrogen and oxygen atoms in total. The number of sulfonamides is 1. The fraction of sp³-hybridized carbons (Fsp3) is 0.394. The summed E-state index contributed by atoms with van der Waals surface area (Å²) < 4.78 is 40.3. The lowest BCUT2D eigenvalue weighted by molar-refractivity contribution is -0.139. The number of aryl methyl sites for hydroxylation is 1. The zero-order chi connectivity index (χ0) is 31.6. The second-order valence-electron chi connectivity index (χ2n) is 10.7. The summed E-state index contributed by atoms with van der Waals surface area (Å²) in [5, 5.41) is 2.95. The number of ether oxygens (including phenoxy) is 2. The van der Waals surface area contributed by atoms with Gasteiger partial charge in [-0.1, -0.05) is 68.8 Å². The first-order valence-electron chi connectivity index (χ1n) is 14.4. The molecule has 0 aliphatic carbocycles. The quantitative estimate of drug-likeness (QED) is 0.265. The summed E-state index contributed by atoms with van der Waals surface area (Å²) in [7, 11) is -1.34. The topological polar surface area (TPSA) is 105 Å². The molecule has 0 radical (unpaired) electrons. The van der Waals surface area contributed by atoms with Crippen LogP contribution in [0.3, 0.4) is 0 Å². The van der Waals surface area contributed by atoms with E-state index >= 15 is 0 Å². The molecule has 0 aliphatic heterocycles. The summed E-state index contributed by atoms with van der Waals surface area (Å²) in [6, 6.07) is 20.1. The fourth-order valence-corrected chi connectivity index (χ4v) is 6.08. The first kappa shape index (κ1) is 33.5. The highest BCUT2D eigenvalue weighted by molar-refractivity contribution is 7.92. The van der Waals surface area contributed by atoms with Gasteiger partial charge >= 0.3 is 0 Å². The lowest BCUT2D eigenvalue weighted by Crippen LogP contribution is -2.53. The van der Waals surface area contributed by atoms with Crippen LogP contribution >= 0.6 is 0 Å². The summed E-state index contributed by atoms with van der Waals surface area (Å²) in [5.74, 6) is 0.0905. The second-order valence-corrected chi connectivity index (χ2v) is 12.6. The molecule has 0 aromatic heterocycles. The van der Waals surface area contributed by atoms with Crippen molar-refractivity contribution in [2.24, 2.45) is 5.92 Å². The number of benzene rings is 3. The Bertz CT molecular complexity index is 1460. The number of amides is 2. The van der Waals surface area contributed by atoms with Gasteiger partial charge in [0.15, 0.2) is 0 Å². The minimum absolute atomic E-state index is 0.0216. The molecular formula is C33H43N3O6S. The van der Waals surface area contributed by atoms with Gasteiger partial charge in [-0.2, -0.15) is 0 Å². The smallest absolute Gasteiger partial charge is 0.264 e. The Morgan fingerprint density at radius 1 is 0.930 bits per heavy atom. The van der Waals surface area contributed by atoms with Crippen LogP contribution in [-0.4, -0.2) is 65.0 Å². The number of methoxy groups -OCH3 is 2. The lowest BCUT2D eigenvalue weighted by Gasteiger charge is -2.33. The highest BCUT2D eigenvalue weighted by atomic mass is 32.2. The van der Waals surface area contributed by atoms with E-state index in [-0.39, 0.29) is 34.7 Å². The molecule has 3 rings (SSSR count). The molecule has 0 saturated carbocycles.